The Morgan fingerprint density at radius 1 is 1.55 bits per heavy atom. The number of rotatable bonds is 6. The van der Waals surface area contributed by atoms with Crippen LogP contribution in [0.2, 0.25) is 0 Å². The summed E-state index contributed by atoms with van der Waals surface area (Å²) in [5.41, 5.74) is 0. The lowest BCUT2D eigenvalue weighted by Gasteiger charge is -2.31. The molecule has 1 aromatic heterocycles. The number of carbonyl (C=O) groups excluding carboxylic acids is 1. The van der Waals surface area contributed by atoms with Crippen LogP contribution in [0, 0.1) is 5.92 Å². The number of esters is 1. The monoisotopic (exact) mass is 279 g/mol. The molecule has 0 amide bonds. The predicted molar refractivity (Wildman–Crippen MR) is 77.1 cm³/mol. The lowest BCUT2D eigenvalue weighted by molar-refractivity contribution is -0.149. The Bertz CT molecular complexity index is 405. The van der Waals surface area contributed by atoms with Crippen LogP contribution in [-0.4, -0.2) is 28.6 Å². The second kappa shape index (κ2) is 7.43. The van der Waals surface area contributed by atoms with Gasteiger partial charge in [0.1, 0.15) is 5.82 Å². The van der Waals surface area contributed by atoms with Crippen molar-refractivity contribution in [2.45, 2.75) is 58.0 Å². The molecule has 5 heteroatoms. The van der Waals surface area contributed by atoms with Crippen molar-refractivity contribution in [1.82, 2.24) is 15.3 Å². The van der Waals surface area contributed by atoms with Crippen LogP contribution in [0.25, 0.3) is 0 Å². The van der Waals surface area contributed by atoms with Crippen LogP contribution in [0.5, 0.6) is 0 Å². The Labute approximate surface area is 120 Å². The highest BCUT2D eigenvalue weighted by Crippen LogP contribution is 2.27. The summed E-state index contributed by atoms with van der Waals surface area (Å²) in [6, 6.07) is 0.601. The highest BCUT2D eigenvalue weighted by Gasteiger charge is 2.29. The van der Waals surface area contributed by atoms with E-state index in [-0.39, 0.29) is 17.9 Å². The van der Waals surface area contributed by atoms with E-state index in [1.807, 2.05) is 13.1 Å². The summed E-state index contributed by atoms with van der Waals surface area (Å²) in [4.78, 5) is 19.4. The molecular weight excluding hydrogens is 254 g/mol. The summed E-state index contributed by atoms with van der Waals surface area (Å²) in [5.74, 6) is 0.992. The summed E-state index contributed by atoms with van der Waals surface area (Å²) < 4.78 is 5.15. The van der Waals surface area contributed by atoms with Gasteiger partial charge in [-0.2, -0.15) is 0 Å². The van der Waals surface area contributed by atoms with Crippen molar-refractivity contribution in [2.24, 2.45) is 5.92 Å². The number of hydrogen-bond acceptors (Lipinski definition) is 4. The van der Waals surface area contributed by atoms with Crippen molar-refractivity contribution in [2.75, 3.05) is 6.61 Å². The van der Waals surface area contributed by atoms with E-state index in [1.165, 1.54) is 0 Å². The molecule has 5 nitrogen and oxygen atoms in total. The molecular formula is C15H25N3O2. The van der Waals surface area contributed by atoms with Gasteiger partial charge in [-0.3, -0.25) is 4.79 Å². The maximum Gasteiger partial charge on any atom is 0.308 e. The normalized spacial score (nSPS) is 24.3. The van der Waals surface area contributed by atoms with Crippen molar-refractivity contribution < 1.29 is 9.53 Å². The van der Waals surface area contributed by atoms with Crippen LogP contribution < -0.4 is 5.32 Å². The van der Waals surface area contributed by atoms with Crippen LogP contribution in [-0.2, 0) is 9.53 Å². The molecule has 3 atom stereocenters. The van der Waals surface area contributed by atoms with Gasteiger partial charge in [-0.1, -0.05) is 13.3 Å². The van der Waals surface area contributed by atoms with Gasteiger partial charge >= 0.3 is 5.97 Å². The third kappa shape index (κ3) is 3.82. The first-order valence-electron chi connectivity index (χ1n) is 7.66. The number of nitrogens with zero attached hydrogens (tertiary/aromatic N) is 1. The van der Waals surface area contributed by atoms with E-state index in [0.717, 1.165) is 37.9 Å². The van der Waals surface area contributed by atoms with E-state index in [1.54, 1.807) is 6.20 Å². The van der Waals surface area contributed by atoms with Crippen molar-refractivity contribution >= 4 is 5.97 Å². The number of nitrogens with one attached hydrogen (secondary N) is 2. The number of aromatic nitrogens is 2. The lowest BCUT2D eigenvalue weighted by atomic mass is 9.85. The highest BCUT2D eigenvalue weighted by molar-refractivity contribution is 5.72. The Balaban J connectivity index is 1.90. The van der Waals surface area contributed by atoms with Gasteiger partial charge in [-0.25, -0.2) is 4.98 Å². The zero-order chi connectivity index (χ0) is 14.4. The first kappa shape index (κ1) is 15.0. The number of imidazole rings is 1. The van der Waals surface area contributed by atoms with E-state index in [2.05, 4.69) is 22.2 Å². The van der Waals surface area contributed by atoms with Gasteiger partial charge in [0, 0.05) is 18.4 Å². The van der Waals surface area contributed by atoms with Crippen LogP contribution in [0.15, 0.2) is 12.4 Å². The summed E-state index contributed by atoms with van der Waals surface area (Å²) in [7, 11) is 0. The molecule has 1 aromatic rings. The second-order valence-corrected chi connectivity index (χ2v) is 5.41. The fourth-order valence-corrected chi connectivity index (χ4v) is 2.96. The van der Waals surface area contributed by atoms with Gasteiger partial charge in [0.15, 0.2) is 0 Å². The summed E-state index contributed by atoms with van der Waals surface area (Å²) in [5, 5.41) is 3.63. The molecule has 0 radical (unpaired) electrons. The smallest absolute Gasteiger partial charge is 0.308 e. The quantitative estimate of drug-likeness (QED) is 0.785. The Hall–Kier alpha value is -1.36. The molecule has 112 valence electrons. The zero-order valence-electron chi connectivity index (χ0n) is 12.4. The highest BCUT2D eigenvalue weighted by atomic mass is 16.5. The van der Waals surface area contributed by atoms with Crippen LogP contribution >= 0.6 is 0 Å². The first-order chi connectivity index (χ1) is 9.74. The molecule has 2 rings (SSSR count). The standard InChI is InChI=1S/C15H25N3O2/c1-3-13(14-16-8-9-17-14)18-12-7-5-6-11(10-12)15(19)20-4-2/h8-9,11-13,18H,3-7,10H2,1-2H3,(H,16,17). The molecule has 3 unspecified atom stereocenters. The molecule has 1 saturated carbocycles. The van der Waals surface area contributed by atoms with Gasteiger partial charge in [0.2, 0.25) is 0 Å². The molecule has 2 N–H and O–H groups in total. The summed E-state index contributed by atoms with van der Waals surface area (Å²) >= 11 is 0. The molecule has 1 heterocycles. The zero-order valence-corrected chi connectivity index (χ0v) is 12.4. The summed E-state index contributed by atoms with van der Waals surface area (Å²) in [6.07, 6.45) is 8.63. The lowest BCUT2D eigenvalue weighted by Crippen LogP contribution is -2.39. The largest absolute Gasteiger partial charge is 0.466 e. The fourth-order valence-electron chi connectivity index (χ4n) is 2.96. The van der Waals surface area contributed by atoms with Gasteiger partial charge in [0.25, 0.3) is 0 Å². The molecule has 0 spiro atoms. The van der Waals surface area contributed by atoms with E-state index in [4.69, 9.17) is 4.74 Å². The first-order valence-corrected chi connectivity index (χ1v) is 7.66. The summed E-state index contributed by atoms with van der Waals surface area (Å²) in [6.45, 7) is 4.48. The number of carbonyl (C=O) groups is 1. The maximum absolute atomic E-state index is 11.9. The van der Waals surface area contributed by atoms with E-state index < -0.39 is 0 Å². The minimum atomic E-state index is -0.0370. The van der Waals surface area contributed by atoms with Gasteiger partial charge < -0.3 is 15.0 Å². The average Bonchev–Trinajstić information content (AvgIpc) is 2.99. The average molecular weight is 279 g/mol. The molecule has 0 bridgehead atoms. The van der Waals surface area contributed by atoms with Crippen LogP contribution in [0.3, 0.4) is 0 Å². The molecule has 20 heavy (non-hydrogen) atoms. The molecule has 1 fully saturated rings. The van der Waals surface area contributed by atoms with Crippen molar-refractivity contribution in [3.63, 3.8) is 0 Å². The minimum absolute atomic E-state index is 0.0370. The maximum atomic E-state index is 11.9. The molecule has 0 aliphatic heterocycles. The van der Waals surface area contributed by atoms with Gasteiger partial charge in [-0.15, -0.1) is 0 Å². The number of aromatic amines is 1. The molecule has 1 aliphatic carbocycles. The number of ether oxygens (including phenoxy) is 1. The molecule has 1 aliphatic rings. The van der Waals surface area contributed by atoms with Crippen molar-refractivity contribution in [3.05, 3.63) is 18.2 Å². The minimum Gasteiger partial charge on any atom is -0.466 e. The van der Waals surface area contributed by atoms with Crippen LogP contribution in [0.1, 0.15) is 57.8 Å². The Morgan fingerprint density at radius 3 is 3.05 bits per heavy atom. The predicted octanol–water partition coefficient (Wildman–Crippen LogP) is 2.57. The Kier molecular flexibility index (Phi) is 5.59. The molecule has 0 aromatic carbocycles. The third-order valence-corrected chi connectivity index (χ3v) is 3.99. The fraction of sp³-hybridized carbons (Fsp3) is 0.733. The van der Waals surface area contributed by atoms with E-state index in [0.29, 0.717) is 12.6 Å². The SMILES string of the molecule is CCOC(=O)C1CCCC(NC(CC)c2ncc[nH]2)C1. The van der Waals surface area contributed by atoms with E-state index >= 15 is 0 Å². The number of H-pyrrole nitrogens is 1. The Morgan fingerprint density at radius 2 is 2.40 bits per heavy atom. The second-order valence-electron chi connectivity index (χ2n) is 5.41. The molecule has 0 saturated heterocycles. The third-order valence-electron chi connectivity index (χ3n) is 3.99. The number of hydrogen-bond donors (Lipinski definition) is 2. The van der Waals surface area contributed by atoms with Gasteiger partial charge in [0.05, 0.1) is 18.6 Å². The topological polar surface area (TPSA) is 67.0 Å². The van der Waals surface area contributed by atoms with Crippen molar-refractivity contribution in [3.8, 4) is 0 Å². The van der Waals surface area contributed by atoms with Gasteiger partial charge in [-0.05, 0) is 32.6 Å². The van der Waals surface area contributed by atoms with Crippen molar-refractivity contribution in [1.29, 1.82) is 0 Å². The van der Waals surface area contributed by atoms with E-state index in [9.17, 15) is 4.79 Å². The van der Waals surface area contributed by atoms with Crippen LogP contribution in [0.4, 0.5) is 0 Å².